The number of hydrogen-bond donors (Lipinski definition) is 1. The van der Waals surface area contributed by atoms with Gasteiger partial charge in [-0.25, -0.2) is 4.98 Å². The van der Waals surface area contributed by atoms with Crippen LogP contribution in [0.1, 0.15) is 61.5 Å². The van der Waals surface area contributed by atoms with Crippen LogP contribution in [0.15, 0.2) is 0 Å². The first-order chi connectivity index (χ1) is 9.01. The first kappa shape index (κ1) is 13.6. The molecule has 106 valence electrons. The molecule has 0 aliphatic heterocycles. The zero-order valence-electron chi connectivity index (χ0n) is 12.6. The van der Waals surface area contributed by atoms with E-state index in [2.05, 4.69) is 33.0 Å². The molecule has 0 aromatic carbocycles. The van der Waals surface area contributed by atoms with Gasteiger partial charge in [0, 0.05) is 10.9 Å². The van der Waals surface area contributed by atoms with E-state index < -0.39 is 0 Å². The lowest BCUT2D eigenvalue weighted by molar-refractivity contribution is 0.115. The summed E-state index contributed by atoms with van der Waals surface area (Å²) in [4.78, 5) is 6.31. The lowest BCUT2D eigenvalue weighted by Crippen LogP contribution is -2.51. The minimum Gasteiger partial charge on any atom is -0.302 e. The molecule has 3 atom stereocenters. The highest BCUT2D eigenvalue weighted by molar-refractivity contribution is 7.11. The van der Waals surface area contributed by atoms with Crippen LogP contribution in [0.5, 0.6) is 0 Å². The van der Waals surface area contributed by atoms with Gasteiger partial charge in [-0.2, -0.15) is 0 Å². The third kappa shape index (κ3) is 2.47. The summed E-state index contributed by atoms with van der Waals surface area (Å²) in [6.07, 6.45) is 6.67. The van der Waals surface area contributed by atoms with Crippen LogP contribution in [0.4, 0.5) is 0 Å². The molecule has 2 aliphatic rings. The summed E-state index contributed by atoms with van der Waals surface area (Å²) in [5.41, 5.74) is 1.38. The number of hydrogen-bond acceptors (Lipinski definition) is 3. The Bertz CT molecular complexity index is 440. The van der Waals surface area contributed by atoms with Crippen molar-refractivity contribution in [2.24, 2.45) is 11.8 Å². The highest BCUT2D eigenvalue weighted by atomic mass is 32.1. The monoisotopic (exact) mass is 278 g/mol. The maximum atomic E-state index is 4.93. The lowest BCUT2D eigenvalue weighted by Gasteiger charge is -2.45. The second-order valence-electron chi connectivity index (χ2n) is 6.84. The van der Waals surface area contributed by atoms with E-state index >= 15 is 0 Å². The van der Waals surface area contributed by atoms with E-state index in [9.17, 15) is 0 Å². The second-order valence-corrected chi connectivity index (χ2v) is 8.04. The van der Waals surface area contributed by atoms with Crippen LogP contribution in [0.25, 0.3) is 0 Å². The Morgan fingerprint density at radius 3 is 2.47 bits per heavy atom. The number of aromatic nitrogens is 1. The van der Waals surface area contributed by atoms with Crippen LogP contribution in [0.2, 0.25) is 0 Å². The van der Waals surface area contributed by atoms with Gasteiger partial charge >= 0.3 is 0 Å². The van der Waals surface area contributed by atoms with Gasteiger partial charge in [0.25, 0.3) is 0 Å². The molecule has 19 heavy (non-hydrogen) atoms. The van der Waals surface area contributed by atoms with E-state index in [1.165, 1.54) is 47.7 Å². The lowest BCUT2D eigenvalue weighted by atomic mass is 9.70. The summed E-state index contributed by atoms with van der Waals surface area (Å²) in [5.74, 6) is 1.52. The van der Waals surface area contributed by atoms with Crippen molar-refractivity contribution in [1.82, 2.24) is 10.3 Å². The SMILES string of the molecule is Cc1nc(C2(NC3CC3)CC(C)CCC2C)sc1C. The van der Waals surface area contributed by atoms with E-state index in [1.54, 1.807) is 0 Å². The number of aryl methyl sites for hydroxylation is 2. The molecule has 2 fully saturated rings. The zero-order chi connectivity index (χ0) is 13.6. The Labute approximate surface area is 121 Å². The predicted octanol–water partition coefficient (Wildman–Crippen LogP) is 4.16. The average molecular weight is 278 g/mol. The molecular weight excluding hydrogens is 252 g/mol. The molecule has 1 aromatic rings. The Morgan fingerprint density at radius 2 is 1.89 bits per heavy atom. The van der Waals surface area contributed by atoms with E-state index in [1.807, 2.05) is 11.3 Å². The summed E-state index contributed by atoms with van der Waals surface area (Å²) in [6, 6.07) is 0.747. The fourth-order valence-corrected chi connectivity index (χ4v) is 4.64. The molecule has 1 aromatic heterocycles. The van der Waals surface area contributed by atoms with E-state index in [0.29, 0.717) is 5.92 Å². The first-order valence-electron chi connectivity index (χ1n) is 7.73. The Balaban J connectivity index is 1.98. The fourth-order valence-electron chi connectivity index (χ4n) is 3.45. The smallest absolute Gasteiger partial charge is 0.114 e. The van der Waals surface area contributed by atoms with Gasteiger partial charge in [0.05, 0.1) is 11.2 Å². The number of nitrogens with zero attached hydrogens (tertiary/aromatic N) is 1. The zero-order valence-corrected chi connectivity index (χ0v) is 13.4. The molecule has 2 nitrogen and oxygen atoms in total. The molecule has 1 N–H and O–H groups in total. The quantitative estimate of drug-likeness (QED) is 0.898. The van der Waals surface area contributed by atoms with Crippen molar-refractivity contribution in [3.63, 3.8) is 0 Å². The van der Waals surface area contributed by atoms with Crippen LogP contribution >= 0.6 is 11.3 Å². The van der Waals surface area contributed by atoms with E-state index in [0.717, 1.165) is 12.0 Å². The average Bonchev–Trinajstić information content (AvgIpc) is 3.10. The molecule has 0 amide bonds. The highest BCUT2D eigenvalue weighted by Crippen LogP contribution is 2.47. The largest absolute Gasteiger partial charge is 0.302 e. The molecule has 0 bridgehead atoms. The van der Waals surface area contributed by atoms with Gasteiger partial charge in [0.2, 0.25) is 0 Å². The van der Waals surface area contributed by atoms with Gasteiger partial charge < -0.3 is 5.32 Å². The molecule has 3 heteroatoms. The van der Waals surface area contributed by atoms with Gasteiger partial charge in [0.15, 0.2) is 0 Å². The first-order valence-corrected chi connectivity index (χ1v) is 8.55. The number of thiazole rings is 1. The molecule has 1 heterocycles. The van der Waals surface area contributed by atoms with E-state index in [4.69, 9.17) is 4.98 Å². The van der Waals surface area contributed by atoms with Crippen molar-refractivity contribution in [1.29, 1.82) is 0 Å². The van der Waals surface area contributed by atoms with Crippen molar-refractivity contribution in [2.75, 3.05) is 0 Å². The third-order valence-electron chi connectivity index (χ3n) is 5.05. The van der Waals surface area contributed by atoms with Crippen molar-refractivity contribution in [3.8, 4) is 0 Å². The molecule has 2 saturated carbocycles. The van der Waals surface area contributed by atoms with Crippen LogP contribution in [0, 0.1) is 25.7 Å². The molecule has 0 spiro atoms. The minimum absolute atomic E-state index is 0.155. The topological polar surface area (TPSA) is 24.9 Å². The second kappa shape index (κ2) is 4.85. The maximum Gasteiger partial charge on any atom is 0.114 e. The molecular formula is C16H26N2S. The minimum atomic E-state index is 0.155. The van der Waals surface area contributed by atoms with Crippen molar-refractivity contribution >= 4 is 11.3 Å². The van der Waals surface area contributed by atoms with Gasteiger partial charge in [-0.1, -0.05) is 20.3 Å². The number of nitrogens with one attached hydrogen (secondary N) is 1. The van der Waals surface area contributed by atoms with Gasteiger partial charge in [0.1, 0.15) is 5.01 Å². The molecule has 3 unspecified atom stereocenters. The third-order valence-corrected chi connectivity index (χ3v) is 6.30. The van der Waals surface area contributed by atoms with Gasteiger partial charge in [-0.05, 0) is 51.4 Å². The molecule has 0 saturated heterocycles. The van der Waals surface area contributed by atoms with Crippen LogP contribution in [-0.4, -0.2) is 11.0 Å². The normalized spacial score (nSPS) is 35.6. The maximum absolute atomic E-state index is 4.93. The molecule has 0 radical (unpaired) electrons. The predicted molar refractivity (Wildman–Crippen MR) is 81.6 cm³/mol. The Morgan fingerprint density at radius 1 is 1.16 bits per heavy atom. The Kier molecular flexibility index (Phi) is 3.46. The summed E-state index contributed by atoms with van der Waals surface area (Å²) in [6.45, 7) is 9.19. The standard InChI is InChI=1S/C16H26N2S/c1-10-5-6-11(2)16(9-10,18-14-7-8-14)15-17-12(3)13(4)19-15/h10-11,14,18H,5-9H2,1-4H3. The van der Waals surface area contributed by atoms with Gasteiger partial charge in [-0.3, -0.25) is 0 Å². The summed E-state index contributed by atoms with van der Waals surface area (Å²) in [5, 5.41) is 5.35. The summed E-state index contributed by atoms with van der Waals surface area (Å²) >= 11 is 1.92. The van der Waals surface area contributed by atoms with Crippen LogP contribution in [-0.2, 0) is 5.54 Å². The van der Waals surface area contributed by atoms with Crippen molar-refractivity contribution in [2.45, 2.75) is 71.4 Å². The molecule has 3 rings (SSSR count). The summed E-state index contributed by atoms with van der Waals surface area (Å²) < 4.78 is 0. The van der Waals surface area contributed by atoms with E-state index in [-0.39, 0.29) is 5.54 Å². The Hall–Kier alpha value is -0.410. The highest BCUT2D eigenvalue weighted by Gasteiger charge is 2.47. The van der Waals surface area contributed by atoms with Crippen molar-refractivity contribution in [3.05, 3.63) is 15.6 Å². The van der Waals surface area contributed by atoms with Crippen LogP contribution in [0.3, 0.4) is 0 Å². The van der Waals surface area contributed by atoms with Gasteiger partial charge in [-0.15, -0.1) is 11.3 Å². The van der Waals surface area contributed by atoms with Crippen molar-refractivity contribution < 1.29 is 0 Å². The molecule has 2 aliphatic carbocycles. The summed E-state index contributed by atoms with van der Waals surface area (Å²) in [7, 11) is 0. The fraction of sp³-hybridized carbons (Fsp3) is 0.812. The van der Waals surface area contributed by atoms with Crippen LogP contribution < -0.4 is 5.32 Å². The number of rotatable bonds is 3.